The van der Waals surface area contributed by atoms with Crippen molar-refractivity contribution in [2.75, 3.05) is 0 Å². The average molecular weight is 427 g/mol. The van der Waals surface area contributed by atoms with Crippen molar-refractivity contribution in [2.45, 2.75) is 20.3 Å². The molecule has 4 aromatic rings. The Balaban J connectivity index is 1.50. The zero-order valence-electron chi connectivity index (χ0n) is 17.6. The summed E-state index contributed by atoms with van der Waals surface area (Å²) in [4.78, 5) is 27.2. The van der Waals surface area contributed by atoms with Crippen molar-refractivity contribution in [3.63, 3.8) is 0 Å². The minimum Gasteiger partial charge on any atom is -0.318 e. The number of carbonyl (C=O) groups is 1. The van der Waals surface area contributed by atoms with Crippen LogP contribution in [0.25, 0.3) is 16.6 Å². The normalized spacial score (nSPS) is 11.2. The Kier molecular flexibility index (Phi) is 5.76. The standard InChI is InChI=1S/C24H21N5O3/c1-16-12-20(15-26-27-24(30)14-19-6-3-4-8-23(19)29(31)32)17(2)28(16)21-9-10-22-18(13-21)7-5-11-25-22/h3-13,15H,14H2,1-2H3,(H,27,30). The van der Waals surface area contributed by atoms with Gasteiger partial charge in [0.2, 0.25) is 5.91 Å². The smallest absolute Gasteiger partial charge is 0.273 e. The van der Waals surface area contributed by atoms with Crippen LogP contribution in [-0.2, 0) is 11.2 Å². The number of aromatic nitrogens is 2. The van der Waals surface area contributed by atoms with E-state index >= 15 is 0 Å². The lowest BCUT2D eigenvalue weighted by Crippen LogP contribution is -2.20. The summed E-state index contributed by atoms with van der Waals surface area (Å²) in [6.45, 7) is 3.99. The molecule has 1 amide bonds. The number of nitrogens with zero attached hydrogens (tertiary/aromatic N) is 4. The van der Waals surface area contributed by atoms with Crippen molar-refractivity contribution < 1.29 is 9.72 Å². The van der Waals surface area contributed by atoms with Crippen LogP contribution < -0.4 is 5.43 Å². The van der Waals surface area contributed by atoms with E-state index in [1.807, 2.05) is 44.2 Å². The quantitative estimate of drug-likeness (QED) is 0.282. The fourth-order valence-electron chi connectivity index (χ4n) is 3.74. The van der Waals surface area contributed by atoms with Gasteiger partial charge >= 0.3 is 0 Å². The maximum absolute atomic E-state index is 12.2. The Bertz CT molecular complexity index is 1360. The highest BCUT2D eigenvalue weighted by atomic mass is 16.6. The van der Waals surface area contributed by atoms with Gasteiger partial charge in [0, 0.05) is 45.9 Å². The summed E-state index contributed by atoms with van der Waals surface area (Å²) in [6, 6.07) is 18.2. The number of para-hydroxylation sites is 1. The van der Waals surface area contributed by atoms with Gasteiger partial charge in [-0.15, -0.1) is 0 Å². The molecule has 0 fully saturated rings. The van der Waals surface area contributed by atoms with E-state index in [1.165, 1.54) is 6.07 Å². The molecule has 0 radical (unpaired) electrons. The van der Waals surface area contributed by atoms with Gasteiger partial charge in [-0.2, -0.15) is 5.10 Å². The van der Waals surface area contributed by atoms with Gasteiger partial charge in [-0.05, 0) is 44.2 Å². The van der Waals surface area contributed by atoms with E-state index in [1.54, 1.807) is 30.6 Å². The molecular formula is C24H21N5O3. The molecular weight excluding hydrogens is 406 g/mol. The predicted octanol–water partition coefficient (Wildman–Crippen LogP) is 4.24. The number of hydrazone groups is 1. The van der Waals surface area contributed by atoms with Crippen LogP contribution in [0.1, 0.15) is 22.5 Å². The summed E-state index contributed by atoms with van der Waals surface area (Å²) in [5.74, 6) is -0.425. The molecule has 160 valence electrons. The van der Waals surface area contributed by atoms with E-state index in [4.69, 9.17) is 0 Å². The maximum atomic E-state index is 12.2. The third-order valence-corrected chi connectivity index (χ3v) is 5.25. The van der Waals surface area contributed by atoms with Gasteiger partial charge in [0.05, 0.1) is 23.1 Å². The molecule has 0 aliphatic carbocycles. The number of nitro groups is 1. The lowest BCUT2D eigenvalue weighted by Gasteiger charge is -2.10. The summed E-state index contributed by atoms with van der Waals surface area (Å²) >= 11 is 0. The molecule has 0 saturated carbocycles. The first-order valence-corrected chi connectivity index (χ1v) is 10.0. The Hall–Kier alpha value is -4.33. The fourth-order valence-corrected chi connectivity index (χ4v) is 3.74. The second-order valence-corrected chi connectivity index (χ2v) is 7.40. The first-order valence-electron chi connectivity index (χ1n) is 10.0. The van der Waals surface area contributed by atoms with Gasteiger partial charge in [-0.3, -0.25) is 19.9 Å². The molecule has 0 unspecified atom stereocenters. The van der Waals surface area contributed by atoms with Crippen molar-refractivity contribution in [3.8, 4) is 5.69 Å². The number of nitro benzene ring substituents is 1. The van der Waals surface area contributed by atoms with Crippen molar-refractivity contribution in [1.29, 1.82) is 0 Å². The first-order chi connectivity index (χ1) is 15.4. The van der Waals surface area contributed by atoms with Crippen molar-refractivity contribution in [1.82, 2.24) is 15.0 Å². The average Bonchev–Trinajstić information content (AvgIpc) is 3.06. The van der Waals surface area contributed by atoms with Crippen LogP contribution in [0.3, 0.4) is 0 Å². The van der Waals surface area contributed by atoms with E-state index in [0.29, 0.717) is 5.56 Å². The van der Waals surface area contributed by atoms with Crippen LogP contribution in [0.2, 0.25) is 0 Å². The molecule has 2 aromatic carbocycles. The van der Waals surface area contributed by atoms with Gasteiger partial charge in [0.25, 0.3) is 5.69 Å². The third kappa shape index (κ3) is 4.24. The topological polar surface area (TPSA) is 102 Å². The zero-order chi connectivity index (χ0) is 22.7. The molecule has 8 nitrogen and oxygen atoms in total. The van der Waals surface area contributed by atoms with Crippen LogP contribution in [-0.4, -0.2) is 26.6 Å². The molecule has 2 aromatic heterocycles. The largest absolute Gasteiger partial charge is 0.318 e. The van der Waals surface area contributed by atoms with Crippen LogP contribution in [0.15, 0.2) is 72.0 Å². The monoisotopic (exact) mass is 427 g/mol. The zero-order valence-corrected chi connectivity index (χ0v) is 17.6. The highest BCUT2D eigenvalue weighted by molar-refractivity contribution is 5.86. The second-order valence-electron chi connectivity index (χ2n) is 7.40. The molecule has 2 heterocycles. The van der Waals surface area contributed by atoms with Crippen LogP contribution in [0.4, 0.5) is 5.69 Å². The van der Waals surface area contributed by atoms with E-state index in [0.717, 1.165) is 33.5 Å². The van der Waals surface area contributed by atoms with E-state index < -0.39 is 10.8 Å². The Morgan fingerprint density at radius 1 is 1.16 bits per heavy atom. The van der Waals surface area contributed by atoms with Gasteiger partial charge in [0.1, 0.15) is 0 Å². The number of hydrogen-bond donors (Lipinski definition) is 1. The molecule has 8 heteroatoms. The number of fused-ring (bicyclic) bond motifs is 1. The number of carbonyl (C=O) groups excluding carboxylic acids is 1. The molecule has 4 rings (SSSR count). The minimum absolute atomic E-state index is 0.0826. The number of aryl methyl sites for hydroxylation is 1. The number of nitrogens with one attached hydrogen (secondary N) is 1. The summed E-state index contributed by atoms with van der Waals surface area (Å²) in [6.07, 6.45) is 3.23. The van der Waals surface area contributed by atoms with Crippen LogP contribution >= 0.6 is 0 Å². The summed E-state index contributed by atoms with van der Waals surface area (Å²) in [7, 11) is 0. The van der Waals surface area contributed by atoms with Crippen molar-refractivity contribution >= 4 is 28.7 Å². The van der Waals surface area contributed by atoms with E-state index in [2.05, 4.69) is 26.1 Å². The highest BCUT2D eigenvalue weighted by Crippen LogP contribution is 2.23. The molecule has 1 N–H and O–H groups in total. The van der Waals surface area contributed by atoms with Crippen LogP contribution in [0.5, 0.6) is 0 Å². The molecule has 0 aliphatic heterocycles. The highest BCUT2D eigenvalue weighted by Gasteiger charge is 2.15. The lowest BCUT2D eigenvalue weighted by atomic mass is 10.1. The maximum Gasteiger partial charge on any atom is 0.273 e. The SMILES string of the molecule is Cc1cc(C=NNC(=O)Cc2ccccc2[N+](=O)[O-])c(C)n1-c1ccc2ncccc2c1. The van der Waals surface area contributed by atoms with Crippen LogP contribution in [0, 0.1) is 24.0 Å². The number of pyridine rings is 1. The van der Waals surface area contributed by atoms with Gasteiger partial charge in [-0.1, -0.05) is 24.3 Å². The molecule has 0 aliphatic rings. The third-order valence-electron chi connectivity index (χ3n) is 5.25. The van der Waals surface area contributed by atoms with Gasteiger partial charge in [0.15, 0.2) is 0 Å². The fraction of sp³-hybridized carbons (Fsp3) is 0.125. The second kappa shape index (κ2) is 8.81. The van der Waals surface area contributed by atoms with E-state index in [9.17, 15) is 14.9 Å². The lowest BCUT2D eigenvalue weighted by molar-refractivity contribution is -0.385. The van der Waals surface area contributed by atoms with Gasteiger partial charge < -0.3 is 4.57 Å². The minimum atomic E-state index is -0.496. The molecule has 32 heavy (non-hydrogen) atoms. The number of hydrogen-bond acceptors (Lipinski definition) is 5. The number of rotatable bonds is 6. The van der Waals surface area contributed by atoms with E-state index in [-0.39, 0.29) is 12.1 Å². The predicted molar refractivity (Wildman–Crippen MR) is 123 cm³/mol. The molecule has 0 atom stereocenters. The van der Waals surface area contributed by atoms with Crippen molar-refractivity contribution in [2.24, 2.45) is 5.10 Å². The van der Waals surface area contributed by atoms with Crippen molar-refractivity contribution in [3.05, 3.63) is 99.5 Å². The molecule has 0 saturated heterocycles. The summed E-state index contributed by atoms with van der Waals surface area (Å²) in [5.41, 5.74) is 7.52. The Morgan fingerprint density at radius 2 is 1.97 bits per heavy atom. The molecule has 0 bridgehead atoms. The first kappa shape index (κ1) is 20.9. The molecule has 0 spiro atoms. The Morgan fingerprint density at radius 3 is 2.78 bits per heavy atom. The van der Waals surface area contributed by atoms with Gasteiger partial charge in [-0.25, -0.2) is 5.43 Å². The Labute approximate surface area is 184 Å². The summed E-state index contributed by atoms with van der Waals surface area (Å²) < 4.78 is 2.11. The summed E-state index contributed by atoms with van der Waals surface area (Å²) in [5, 5.41) is 16.2. The number of amides is 1. The number of benzene rings is 2.